The predicted molar refractivity (Wildman–Crippen MR) is 101 cm³/mol. The number of hydrogen-bond acceptors (Lipinski definition) is 3. The Labute approximate surface area is 156 Å². The summed E-state index contributed by atoms with van der Waals surface area (Å²) < 4.78 is 0. The first-order valence-corrected chi connectivity index (χ1v) is 9.82. The molecule has 2 saturated heterocycles. The minimum absolute atomic E-state index is 0.00550. The third kappa shape index (κ3) is 3.93. The van der Waals surface area contributed by atoms with Crippen molar-refractivity contribution in [1.82, 2.24) is 9.80 Å². The van der Waals surface area contributed by atoms with E-state index in [9.17, 15) is 14.7 Å². The van der Waals surface area contributed by atoms with Crippen molar-refractivity contribution >= 4 is 11.8 Å². The van der Waals surface area contributed by atoms with E-state index in [1.807, 2.05) is 40.1 Å². The second-order valence-electron chi connectivity index (χ2n) is 7.85. The van der Waals surface area contributed by atoms with E-state index in [-0.39, 0.29) is 29.8 Å². The molecule has 0 aromatic heterocycles. The summed E-state index contributed by atoms with van der Waals surface area (Å²) in [5, 5.41) is 9.78. The number of nitrogens with zero attached hydrogens (tertiary/aromatic N) is 2. The van der Waals surface area contributed by atoms with Crippen LogP contribution in [0.3, 0.4) is 0 Å². The van der Waals surface area contributed by atoms with Gasteiger partial charge in [-0.05, 0) is 37.8 Å². The molecular formula is C21H30N2O3. The number of carbonyl (C=O) groups is 2. The Kier molecular flexibility index (Phi) is 5.97. The highest BCUT2D eigenvalue weighted by Crippen LogP contribution is 2.36. The summed E-state index contributed by atoms with van der Waals surface area (Å²) >= 11 is 0. The lowest BCUT2D eigenvalue weighted by atomic mass is 9.83. The molecule has 0 radical (unpaired) electrons. The molecule has 2 aliphatic heterocycles. The molecule has 2 fully saturated rings. The van der Waals surface area contributed by atoms with Crippen LogP contribution >= 0.6 is 0 Å². The molecule has 1 aromatic carbocycles. The Bertz CT molecular complexity index is 625. The Hall–Kier alpha value is -1.88. The molecule has 0 spiro atoms. The topological polar surface area (TPSA) is 60.9 Å². The smallest absolute Gasteiger partial charge is 0.253 e. The van der Waals surface area contributed by atoms with Crippen molar-refractivity contribution in [3.05, 3.63) is 35.9 Å². The largest absolute Gasteiger partial charge is 0.396 e. The van der Waals surface area contributed by atoms with Crippen molar-refractivity contribution < 1.29 is 14.7 Å². The van der Waals surface area contributed by atoms with Crippen molar-refractivity contribution in [1.29, 1.82) is 0 Å². The van der Waals surface area contributed by atoms with Gasteiger partial charge in [-0.2, -0.15) is 0 Å². The maximum Gasteiger partial charge on any atom is 0.253 e. The molecule has 0 bridgehead atoms. The number of hydrogen-bond donors (Lipinski definition) is 1. The summed E-state index contributed by atoms with van der Waals surface area (Å²) in [5.41, 5.74) is 0.609. The van der Waals surface area contributed by atoms with Gasteiger partial charge in [0.15, 0.2) is 0 Å². The third-order valence-electron chi connectivity index (χ3n) is 6.02. The van der Waals surface area contributed by atoms with Gasteiger partial charge in [0, 0.05) is 43.1 Å². The van der Waals surface area contributed by atoms with Crippen LogP contribution in [0.15, 0.2) is 30.3 Å². The number of aliphatic hydroxyl groups excluding tert-OH is 1. The summed E-state index contributed by atoms with van der Waals surface area (Å²) in [4.78, 5) is 29.2. The van der Waals surface area contributed by atoms with E-state index in [0.29, 0.717) is 25.2 Å². The monoisotopic (exact) mass is 358 g/mol. The Morgan fingerprint density at radius 1 is 1.12 bits per heavy atom. The van der Waals surface area contributed by atoms with E-state index in [4.69, 9.17) is 0 Å². The van der Waals surface area contributed by atoms with Crippen LogP contribution in [0.4, 0.5) is 0 Å². The highest BCUT2D eigenvalue weighted by molar-refractivity contribution is 5.94. The number of aliphatic hydroxyl groups is 1. The lowest BCUT2D eigenvalue weighted by Gasteiger charge is -2.34. The number of amides is 2. The van der Waals surface area contributed by atoms with Crippen LogP contribution in [0.2, 0.25) is 0 Å². The SMILES string of the molecule is CCCC1(CO)CCN(C(=O)C2CCN(C(=O)c3ccccc3)CC2)C1. The zero-order valence-corrected chi connectivity index (χ0v) is 15.7. The molecule has 1 aromatic rings. The second-order valence-corrected chi connectivity index (χ2v) is 7.85. The van der Waals surface area contributed by atoms with Crippen molar-refractivity contribution in [2.24, 2.45) is 11.3 Å². The predicted octanol–water partition coefficient (Wildman–Crippen LogP) is 2.55. The highest BCUT2D eigenvalue weighted by Gasteiger charge is 2.41. The van der Waals surface area contributed by atoms with E-state index in [1.165, 1.54) is 0 Å². The summed E-state index contributed by atoms with van der Waals surface area (Å²) in [6, 6.07) is 9.34. The zero-order chi connectivity index (χ0) is 18.6. The van der Waals surface area contributed by atoms with E-state index in [1.54, 1.807) is 0 Å². The molecule has 1 unspecified atom stereocenters. The fraction of sp³-hybridized carbons (Fsp3) is 0.619. The lowest BCUT2D eigenvalue weighted by Crippen LogP contribution is -2.44. The summed E-state index contributed by atoms with van der Waals surface area (Å²) in [6.07, 6.45) is 4.36. The van der Waals surface area contributed by atoms with Crippen LogP contribution in [0.25, 0.3) is 0 Å². The quantitative estimate of drug-likeness (QED) is 0.880. The van der Waals surface area contributed by atoms with Crippen molar-refractivity contribution in [2.45, 2.75) is 39.0 Å². The lowest BCUT2D eigenvalue weighted by molar-refractivity contribution is -0.136. The first-order valence-electron chi connectivity index (χ1n) is 9.82. The van der Waals surface area contributed by atoms with Gasteiger partial charge in [0.05, 0.1) is 6.61 Å². The average molecular weight is 358 g/mol. The fourth-order valence-corrected chi connectivity index (χ4v) is 4.42. The van der Waals surface area contributed by atoms with E-state index in [2.05, 4.69) is 6.92 Å². The van der Waals surface area contributed by atoms with Gasteiger partial charge in [0.2, 0.25) is 5.91 Å². The maximum absolute atomic E-state index is 12.9. The molecule has 1 atom stereocenters. The molecule has 0 saturated carbocycles. The van der Waals surface area contributed by atoms with Gasteiger partial charge in [-0.25, -0.2) is 0 Å². The van der Waals surface area contributed by atoms with Crippen molar-refractivity contribution in [3.8, 4) is 0 Å². The Morgan fingerprint density at radius 3 is 2.42 bits per heavy atom. The molecular weight excluding hydrogens is 328 g/mol. The van der Waals surface area contributed by atoms with Gasteiger partial charge in [-0.3, -0.25) is 9.59 Å². The minimum atomic E-state index is -0.103. The first-order chi connectivity index (χ1) is 12.6. The average Bonchev–Trinajstić information content (AvgIpc) is 3.12. The second kappa shape index (κ2) is 8.21. The van der Waals surface area contributed by atoms with Crippen LogP contribution < -0.4 is 0 Å². The number of rotatable bonds is 5. The number of carbonyl (C=O) groups excluding carboxylic acids is 2. The Balaban J connectivity index is 1.53. The third-order valence-corrected chi connectivity index (χ3v) is 6.02. The van der Waals surface area contributed by atoms with Gasteiger partial charge < -0.3 is 14.9 Å². The maximum atomic E-state index is 12.9. The molecule has 142 valence electrons. The Morgan fingerprint density at radius 2 is 1.81 bits per heavy atom. The van der Waals surface area contributed by atoms with Crippen LogP contribution in [-0.4, -0.2) is 59.5 Å². The van der Waals surface area contributed by atoms with E-state index in [0.717, 1.165) is 38.6 Å². The molecule has 5 nitrogen and oxygen atoms in total. The van der Waals surface area contributed by atoms with Gasteiger partial charge in [-0.1, -0.05) is 31.5 Å². The number of likely N-dealkylation sites (tertiary alicyclic amines) is 2. The molecule has 2 heterocycles. The summed E-state index contributed by atoms with van der Waals surface area (Å²) in [5.74, 6) is 0.272. The van der Waals surface area contributed by atoms with Gasteiger partial charge in [0.1, 0.15) is 0 Å². The van der Waals surface area contributed by atoms with Gasteiger partial charge in [0.25, 0.3) is 5.91 Å². The zero-order valence-electron chi connectivity index (χ0n) is 15.7. The summed E-state index contributed by atoms with van der Waals surface area (Å²) in [7, 11) is 0. The van der Waals surface area contributed by atoms with Crippen LogP contribution in [-0.2, 0) is 4.79 Å². The minimum Gasteiger partial charge on any atom is -0.396 e. The number of benzene rings is 1. The van der Waals surface area contributed by atoms with E-state index < -0.39 is 0 Å². The van der Waals surface area contributed by atoms with Crippen LogP contribution in [0.5, 0.6) is 0 Å². The van der Waals surface area contributed by atoms with Crippen LogP contribution in [0.1, 0.15) is 49.4 Å². The van der Waals surface area contributed by atoms with Gasteiger partial charge in [-0.15, -0.1) is 0 Å². The van der Waals surface area contributed by atoms with Gasteiger partial charge >= 0.3 is 0 Å². The normalized spacial score (nSPS) is 24.1. The molecule has 26 heavy (non-hydrogen) atoms. The van der Waals surface area contributed by atoms with Crippen LogP contribution in [0, 0.1) is 11.3 Å². The molecule has 2 aliphatic rings. The van der Waals surface area contributed by atoms with Crippen molar-refractivity contribution in [2.75, 3.05) is 32.8 Å². The first kappa shape index (κ1) is 18.9. The molecule has 3 rings (SSSR count). The molecule has 2 amide bonds. The molecule has 1 N–H and O–H groups in total. The molecule has 0 aliphatic carbocycles. The highest BCUT2D eigenvalue weighted by atomic mass is 16.3. The summed E-state index contributed by atoms with van der Waals surface area (Å²) in [6.45, 7) is 4.99. The standard InChI is InChI=1S/C21H30N2O3/c1-2-10-21(16-24)11-14-23(15-21)20(26)18-8-12-22(13-9-18)19(25)17-6-4-3-5-7-17/h3-7,18,24H,2,8-16H2,1H3. The van der Waals surface area contributed by atoms with E-state index >= 15 is 0 Å². The number of piperidine rings is 1. The molecule has 5 heteroatoms. The van der Waals surface area contributed by atoms with Crippen molar-refractivity contribution in [3.63, 3.8) is 0 Å². The fourth-order valence-electron chi connectivity index (χ4n) is 4.42.